The molecule has 0 amide bonds. The van der Waals surface area contributed by atoms with Gasteiger partial charge in [0.2, 0.25) is 0 Å². The van der Waals surface area contributed by atoms with Crippen LogP contribution in [0.5, 0.6) is 0 Å². The molecule has 0 spiro atoms. The quantitative estimate of drug-likeness (QED) is 0.111. The van der Waals surface area contributed by atoms with Crippen molar-refractivity contribution in [2.45, 2.75) is 44.1 Å². The number of piperidine rings is 1. The van der Waals surface area contributed by atoms with E-state index in [4.69, 9.17) is 4.98 Å². The van der Waals surface area contributed by atoms with E-state index in [0.717, 1.165) is 43.5 Å². The first-order valence-electron chi connectivity index (χ1n) is 14.6. The Hall–Kier alpha value is -3.99. The normalized spacial score (nSPS) is 15.1. The standard InChI is InChI=1S/C36H37N3O/c40-39(25-11-4-12-26-39)35-24-14-16-30(27-35)15-13-23-34-28-38(29-37-34)36(31-17-5-1-6-18-31,32-19-7-2-8-20-32)33-21-9-3-10-22-33/h1-3,5-10,14,16-22,24,27-29H,4,11-13,15,23,25-26H2. The molecule has 5 aromatic rings. The van der Waals surface area contributed by atoms with Crippen LogP contribution in [0.3, 0.4) is 0 Å². The molecule has 40 heavy (non-hydrogen) atoms. The number of hydrogen-bond donors (Lipinski definition) is 0. The van der Waals surface area contributed by atoms with Gasteiger partial charge in [-0.1, -0.05) is 103 Å². The van der Waals surface area contributed by atoms with Crippen LogP contribution in [-0.2, 0) is 18.4 Å². The van der Waals surface area contributed by atoms with Crippen LogP contribution in [0.2, 0.25) is 0 Å². The molecule has 0 N–H and O–H groups in total. The zero-order valence-electron chi connectivity index (χ0n) is 23.0. The Morgan fingerprint density at radius 2 is 1.25 bits per heavy atom. The van der Waals surface area contributed by atoms with E-state index in [1.54, 1.807) is 0 Å². The number of quaternary nitrogens is 1. The molecule has 6 rings (SSSR count). The molecule has 2 heterocycles. The fraction of sp³-hybridized carbons (Fsp3) is 0.250. The monoisotopic (exact) mass is 527 g/mol. The minimum Gasteiger partial charge on any atom is -0.627 e. The van der Waals surface area contributed by atoms with Crippen molar-refractivity contribution in [3.05, 3.63) is 161 Å². The van der Waals surface area contributed by atoms with Gasteiger partial charge in [0.25, 0.3) is 0 Å². The summed E-state index contributed by atoms with van der Waals surface area (Å²) in [6.07, 6.45) is 10.2. The summed E-state index contributed by atoms with van der Waals surface area (Å²) in [6, 6.07) is 40.5. The molecule has 4 nitrogen and oxygen atoms in total. The highest BCUT2D eigenvalue weighted by Crippen LogP contribution is 2.40. The van der Waals surface area contributed by atoms with Crippen molar-refractivity contribution in [2.75, 3.05) is 13.1 Å². The summed E-state index contributed by atoms with van der Waals surface area (Å²) in [5.74, 6) is 0. The summed E-state index contributed by atoms with van der Waals surface area (Å²) in [6.45, 7) is 1.40. The van der Waals surface area contributed by atoms with Crippen molar-refractivity contribution in [2.24, 2.45) is 0 Å². The number of hydroxylamine groups is 2. The van der Waals surface area contributed by atoms with Gasteiger partial charge in [0, 0.05) is 12.3 Å². The van der Waals surface area contributed by atoms with Crippen LogP contribution in [0, 0.1) is 5.21 Å². The van der Waals surface area contributed by atoms with Gasteiger partial charge in [-0.25, -0.2) is 4.98 Å². The van der Waals surface area contributed by atoms with E-state index < -0.39 is 5.54 Å². The van der Waals surface area contributed by atoms with Crippen molar-refractivity contribution in [1.29, 1.82) is 0 Å². The number of imidazole rings is 1. The number of benzene rings is 4. The number of hydrogen-bond acceptors (Lipinski definition) is 2. The Bertz CT molecular complexity index is 1410. The summed E-state index contributed by atoms with van der Waals surface area (Å²) in [5, 5.41) is 13.3. The summed E-state index contributed by atoms with van der Waals surface area (Å²) in [4.78, 5) is 4.90. The number of aromatic nitrogens is 2. The van der Waals surface area contributed by atoms with E-state index in [1.165, 1.54) is 28.7 Å². The first-order valence-corrected chi connectivity index (χ1v) is 14.6. The Kier molecular flexibility index (Phi) is 7.63. The zero-order valence-corrected chi connectivity index (χ0v) is 23.0. The van der Waals surface area contributed by atoms with Gasteiger partial charge in [-0.2, -0.15) is 0 Å². The van der Waals surface area contributed by atoms with E-state index in [9.17, 15) is 5.21 Å². The minimum atomic E-state index is -0.538. The third kappa shape index (κ3) is 5.13. The summed E-state index contributed by atoms with van der Waals surface area (Å²) in [5.41, 5.74) is 6.28. The average molecular weight is 528 g/mol. The van der Waals surface area contributed by atoms with E-state index in [2.05, 4.69) is 120 Å². The largest absolute Gasteiger partial charge is 0.627 e. The van der Waals surface area contributed by atoms with Gasteiger partial charge in [0.05, 0.1) is 25.1 Å². The Balaban J connectivity index is 1.28. The molecule has 0 atom stereocenters. The Labute approximate surface area is 237 Å². The number of aryl methyl sites for hydroxylation is 2. The zero-order chi connectivity index (χ0) is 27.3. The molecular formula is C36H37N3O. The number of rotatable bonds is 9. The fourth-order valence-corrected chi connectivity index (χ4v) is 6.38. The maximum atomic E-state index is 13.3. The topological polar surface area (TPSA) is 40.9 Å². The molecular weight excluding hydrogens is 490 g/mol. The first kappa shape index (κ1) is 26.2. The van der Waals surface area contributed by atoms with Crippen LogP contribution in [0.1, 0.15) is 53.6 Å². The van der Waals surface area contributed by atoms with Gasteiger partial charge in [-0.15, -0.1) is 0 Å². The van der Waals surface area contributed by atoms with E-state index in [0.29, 0.717) is 13.1 Å². The molecule has 1 fully saturated rings. The van der Waals surface area contributed by atoms with Gasteiger partial charge in [0.15, 0.2) is 0 Å². The third-order valence-corrected chi connectivity index (χ3v) is 8.42. The van der Waals surface area contributed by atoms with Crippen LogP contribution >= 0.6 is 0 Å². The van der Waals surface area contributed by atoms with Crippen molar-refractivity contribution < 1.29 is 0 Å². The van der Waals surface area contributed by atoms with Crippen LogP contribution in [0.25, 0.3) is 0 Å². The van der Waals surface area contributed by atoms with Crippen molar-refractivity contribution in [3.8, 4) is 0 Å². The summed E-state index contributed by atoms with van der Waals surface area (Å²) in [7, 11) is 0. The summed E-state index contributed by atoms with van der Waals surface area (Å²) < 4.78 is 2.11. The van der Waals surface area contributed by atoms with Crippen LogP contribution < -0.4 is 4.65 Å². The van der Waals surface area contributed by atoms with E-state index in [-0.39, 0.29) is 4.65 Å². The lowest BCUT2D eigenvalue weighted by atomic mass is 9.77. The van der Waals surface area contributed by atoms with Gasteiger partial charge in [0.1, 0.15) is 11.2 Å². The number of nitrogens with zero attached hydrogens (tertiary/aromatic N) is 3. The van der Waals surface area contributed by atoms with E-state index in [1.807, 2.05) is 12.4 Å². The highest BCUT2D eigenvalue weighted by Gasteiger charge is 2.38. The maximum absolute atomic E-state index is 13.3. The van der Waals surface area contributed by atoms with Gasteiger partial charge < -0.3 is 14.4 Å². The lowest BCUT2D eigenvalue weighted by molar-refractivity contribution is 0.307. The lowest BCUT2D eigenvalue weighted by Crippen LogP contribution is -2.47. The average Bonchev–Trinajstić information content (AvgIpc) is 3.49. The molecule has 1 saturated heterocycles. The fourth-order valence-electron chi connectivity index (χ4n) is 6.38. The van der Waals surface area contributed by atoms with Crippen LogP contribution in [0.15, 0.2) is 128 Å². The van der Waals surface area contributed by atoms with Gasteiger partial charge in [-0.05, 0) is 66.8 Å². The van der Waals surface area contributed by atoms with Gasteiger partial charge in [-0.3, -0.25) is 0 Å². The minimum absolute atomic E-state index is 0.168. The predicted molar refractivity (Wildman–Crippen MR) is 164 cm³/mol. The second kappa shape index (κ2) is 11.6. The van der Waals surface area contributed by atoms with Crippen LogP contribution in [-0.4, -0.2) is 22.6 Å². The SMILES string of the molecule is [O-][N+]1(c2cccc(CCCc3cn(C(c4ccccc4)(c4ccccc4)c4ccccc4)cn3)c2)CCCCC1. The van der Waals surface area contributed by atoms with Gasteiger partial charge >= 0.3 is 0 Å². The Morgan fingerprint density at radius 1 is 0.675 bits per heavy atom. The molecule has 0 unspecified atom stereocenters. The molecule has 0 radical (unpaired) electrons. The Morgan fingerprint density at radius 3 is 1.82 bits per heavy atom. The molecule has 0 saturated carbocycles. The third-order valence-electron chi connectivity index (χ3n) is 8.42. The van der Waals surface area contributed by atoms with Crippen molar-refractivity contribution in [3.63, 3.8) is 0 Å². The molecule has 202 valence electrons. The van der Waals surface area contributed by atoms with Crippen LogP contribution in [0.4, 0.5) is 5.69 Å². The summed E-state index contributed by atoms with van der Waals surface area (Å²) >= 11 is 0. The maximum Gasteiger partial charge on any atom is 0.133 e. The lowest BCUT2D eigenvalue weighted by Gasteiger charge is -2.45. The highest BCUT2D eigenvalue weighted by atomic mass is 16.5. The second-order valence-corrected chi connectivity index (χ2v) is 11.0. The molecule has 4 aromatic carbocycles. The molecule has 1 aliphatic rings. The molecule has 0 bridgehead atoms. The second-order valence-electron chi connectivity index (χ2n) is 11.0. The predicted octanol–water partition coefficient (Wildman–Crippen LogP) is 7.89. The molecule has 1 aromatic heterocycles. The smallest absolute Gasteiger partial charge is 0.133 e. The van der Waals surface area contributed by atoms with Crippen molar-refractivity contribution >= 4 is 5.69 Å². The highest BCUT2D eigenvalue weighted by molar-refractivity contribution is 5.51. The first-order chi connectivity index (χ1) is 19.7. The van der Waals surface area contributed by atoms with E-state index >= 15 is 0 Å². The van der Waals surface area contributed by atoms with Crippen molar-refractivity contribution in [1.82, 2.24) is 14.2 Å². The molecule has 4 heteroatoms. The molecule has 0 aliphatic carbocycles. The molecule has 1 aliphatic heterocycles.